The van der Waals surface area contributed by atoms with Crippen molar-refractivity contribution < 1.29 is 14.0 Å². The lowest BCUT2D eigenvalue weighted by atomic mass is 9.84. The van der Waals surface area contributed by atoms with Crippen molar-refractivity contribution in [1.82, 2.24) is 4.98 Å². The second kappa shape index (κ2) is 6.98. The molecule has 1 spiro atoms. The van der Waals surface area contributed by atoms with Gasteiger partial charge in [0, 0.05) is 23.7 Å². The summed E-state index contributed by atoms with van der Waals surface area (Å²) in [5, 5.41) is 2.38. The molecule has 0 aliphatic carbocycles. The monoisotopic (exact) mass is 469 g/mol. The number of nitrogens with zero attached hydrogens (tertiary/aromatic N) is 3. The first-order valence-corrected chi connectivity index (χ1v) is 11.6. The van der Waals surface area contributed by atoms with E-state index in [0.29, 0.717) is 27.4 Å². The maximum absolute atomic E-state index is 14.3. The van der Waals surface area contributed by atoms with E-state index in [-0.39, 0.29) is 17.9 Å². The van der Waals surface area contributed by atoms with Gasteiger partial charge in [-0.25, -0.2) is 4.98 Å². The number of rotatable bonds is 3. The average Bonchev–Trinajstić information content (AvgIpc) is 3.49. The Hall–Kier alpha value is -4.04. The van der Waals surface area contributed by atoms with Gasteiger partial charge in [0.2, 0.25) is 5.76 Å². The number of aromatic nitrogens is 1. The van der Waals surface area contributed by atoms with Crippen LogP contribution in [-0.2, 0) is 10.3 Å². The number of anilines is 2. The molecule has 2 aromatic heterocycles. The summed E-state index contributed by atoms with van der Waals surface area (Å²) in [6.45, 7) is 7.84. The minimum atomic E-state index is -1.71. The average molecular weight is 470 g/mol. The molecule has 4 heterocycles. The van der Waals surface area contributed by atoms with Crippen molar-refractivity contribution in [3.63, 3.8) is 0 Å². The van der Waals surface area contributed by atoms with Gasteiger partial charge in [-0.15, -0.1) is 17.9 Å². The number of hydrogen-bond acceptors (Lipinski definition) is 6. The van der Waals surface area contributed by atoms with Crippen LogP contribution in [0.3, 0.4) is 0 Å². The number of hydrogen-bond donors (Lipinski definition) is 0. The van der Waals surface area contributed by atoms with Gasteiger partial charge < -0.3 is 9.32 Å². The summed E-state index contributed by atoms with van der Waals surface area (Å²) in [4.78, 5) is 49.5. The number of para-hydroxylation sites is 1. The number of benzene rings is 2. The lowest BCUT2D eigenvalue weighted by Crippen LogP contribution is -2.53. The Labute approximate surface area is 198 Å². The first-order valence-electron chi connectivity index (χ1n) is 10.8. The highest BCUT2D eigenvalue weighted by Gasteiger charge is 2.66. The Morgan fingerprint density at radius 2 is 1.91 bits per heavy atom. The van der Waals surface area contributed by atoms with Crippen molar-refractivity contribution in [1.29, 1.82) is 0 Å². The number of carbonyl (C=O) groups excluding carboxylic acids is 2. The van der Waals surface area contributed by atoms with E-state index in [0.717, 1.165) is 11.1 Å². The molecule has 0 saturated heterocycles. The highest BCUT2D eigenvalue weighted by Crippen LogP contribution is 2.54. The molecule has 0 bridgehead atoms. The van der Waals surface area contributed by atoms with Gasteiger partial charge in [-0.05, 0) is 43.2 Å². The van der Waals surface area contributed by atoms with Crippen molar-refractivity contribution in [3.8, 4) is 0 Å². The van der Waals surface area contributed by atoms with E-state index >= 15 is 0 Å². The van der Waals surface area contributed by atoms with Crippen molar-refractivity contribution >= 4 is 44.9 Å². The summed E-state index contributed by atoms with van der Waals surface area (Å²) in [5.74, 6) is -1.10. The van der Waals surface area contributed by atoms with Crippen LogP contribution < -0.4 is 15.2 Å². The second-order valence-electron chi connectivity index (χ2n) is 8.46. The van der Waals surface area contributed by atoms with Crippen LogP contribution in [0, 0.1) is 13.8 Å². The predicted octanol–water partition coefficient (Wildman–Crippen LogP) is 4.30. The van der Waals surface area contributed by atoms with E-state index in [1.807, 2.05) is 26.0 Å². The Balaban J connectivity index is 1.80. The quantitative estimate of drug-likeness (QED) is 0.418. The van der Waals surface area contributed by atoms with Gasteiger partial charge in [-0.3, -0.25) is 19.3 Å². The number of amides is 2. The molecule has 7 nitrogen and oxygen atoms in total. The number of carbonyl (C=O) groups is 2. The van der Waals surface area contributed by atoms with Crippen LogP contribution in [0.1, 0.15) is 32.8 Å². The molecule has 2 aliphatic rings. The molecule has 168 valence electrons. The van der Waals surface area contributed by atoms with E-state index in [1.54, 1.807) is 46.8 Å². The molecule has 34 heavy (non-hydrogen) atoms. The van der Waals surface area contributed by atoms with Crippen LogP contribution in [0.25, 0.3) is 11.0 Å². The third-order valence-corrected chi connectivity index (χ3v) is 7.42. The third-order valence-electron chi connectivity index (χ3n) is 6.66. The Kier molecular flexibility index (Phi) is 4.22. The summed E-state index contributed by atoms with van der Waals surface area (Å²) in [5.41, 5.74) is 1.26. The first kappa shape index (κ1) is 20.6. The van der Waals surface area contributed by atoms with E-state index in [4.69, 9.17) is 4.42 Å². The van der Waals surface area contributed by atoms with Crippen LogP contribution in [0.4, 0.5) is 10.8 Å². The van der Waals surface area contributed by atoms with Crippen LogP contribution in [0.15, 0.2) is 69.8 Å². The number of thiazole rings is 1. The van der Waals surface area contributed by atoms with Crippen LogP contribution in [-0.4, -0.2) is 23.3 Å². The smallest absolute Gasteiger partial charge is 0.297 e. The molecule has 8 heteroatoms. The summed E-state index contributed by atoms with van der Waals surface area (Å²) in [7, 11) is 0. The molecule has 2 aromatic carbocycles. The molecule has 4 aromatic rings. The van der Waals surface area contributed by atoms with Crippen molar-refractivity contribution in [2.75, 3.05) is 16.3 Å². The summed E-state index contributed by atoms with van der Waals surface area (Å²) in [6, 6.07) is 10.7. The second-order valence-corrected chi connectivity index (χ2v) is 9.33. The zero-order valence-corrected chi connectivity index (χ0v) is 19.3. The van der Waals surface area contributed by atoms with Gasteiger partial charge in [0.15, 0.2) is 16.1 Å². The molecule has 0 fully saturated rings. The topological polar surface area (TPSA) is 83.7 Å². The van der Waals surface area contributed by atoms with E-state index in [2.05, 4.69) is 11.6 Å². The van der Waals surface area contributed by atoms with Gasteiger partial charge in [0.1, 0.15) is 5.58 Å². The van der Waals surface area contributed by atoms with E-state index < -0.39 is 22.8 Å². The van der Waals surface area contributed by atoms with Gasteiger partial charge >= 0.3 is 0 Å². The van der Waals surface area contributed by atoms with Crippen molar-refractivity contribution in [2.45, 2.75) is 19.4 Å². The van der Waals surface area contributed by atoms with Crippen LogP contribution in [0.5, 0.6) is 0 Å². The predicted molar refractivity (Wildman–Crippen MR) is 131 cm³/mol. The fourth-order valence-corrected chi connectivity index (χ4v) is 5.75. The SMILES string of the molecule is C=CCN1C(=O)C2(c3ccccc31)c1c(oc3cc(C)c(C)cc3c1=O)C(=O)N2c1nccs1. The molecule has 0 N–H and O–H groups in total. The first-order chi connectivity index (χ1) is 16.4. The Morgan fingerprint density at radius 3 is 2.65 bits per heavy atom. The van der Waals surface area contributed by atoms with Crippen LogP contribution >= 0.6 is 11.3 Å². The van der Waals surface area contributed by atoms with Gasteiger partial charge in [0.25, 0.3) is 11.8 Å². The lowest BCUT2D eigenvalue weighted by molar-refractivity contribution is -0.121. The summed E-state index contributed by atoms with van der Waals surface area (Å²) < 4.78 is 6.10. The standard InChI is InChI=1S/C26H19N3O4S/c1-4-10-28-18-8-6-5-7-17(18)26(24(28)32)20-21(30)16-12-14(2)15(3)13-19(16)33-22(20)23(31)29(26)25-27-9-11-34-25/h4-9,11-13H,1,10H2,2-3H3. The molecule has 2 amide bonds. The van der Waals surface area contributed by atoms with Crippen molar-refractivity contribution in [2.24, 2.45) is 0 Å². The highest BCUT2D eigenvalue weighted by atomic mass is 32.1. The molecule has 2 aliphatic heterocycles. The zero-order chi connectivity index (χ0) is 23.8. The maximum Gasteiger partial charge on any atom is 0.297 e. The minimum Gasteiger partial charge on any atom is -0.450 e. The Morgan fingerprint density at radius 1 is 1.15 bits per heavy atom. The molecule has 0 saturated carbocycles. The maximum atomic E-state index is 14.3. The molecule has 1 atom stereocenters. The molecule has 1 unspecified atom stereocenters. The fourth-order valence-electron chi connectivity index (χ4n) is 5.05. The molecule has 0 radical (unpaired) electrons. The Bertz CT molecular complexity index is 1600. The summed E-state index contributed by atoms with van der Waals surface area (Å²) >= 11 is 1.22. The number of fused-ring (bicyclic) bond motifs is 5. The van der Waals surface area contributed by atoms with E-state index in [1.165, 1.54) is 16.2 Å². The van der Waals surface area contributed by atoms with Gasteiger partial charge in [-0.1, -0.05) is 24.3 Å². The van der Waals surface area contributed by atoms with Gasteiger partial charge in [0.05, 0.1) is 16.6 Å². The summed E-state index contributed by atoms with van der Waals surface area (Å²) in [6.07, 6.45) is 3.18. The lowest BCUT2D eigenvalue weighted by Gasteiger charge is -2.32. The zero-order valence-electron chi connectivity index (χ0n) is 18.5. The molecular formula is C26H19N3O4S. The minimum absolute atomic E-state index is 0.0347. The largest absolute Gasteiger partial charge is 0.450 e. The number of aryl methyl sites for hydroxylation is 2. The third kappa shape index (κ3) is 2.35. The molecule has 6 rings (SSSR count). The van der Waals surface area contributed by atoms with E-state index in [9.17, 15) is 14.4 Å². The fraction of sp³-hybridized carbons (Fsp3) is 0.154. The normalized spacial score (nSPS) is 18.8. The van der Waals surface area contributed by atoms with Gasteiger partial charge in [-0.2, -0.15) is 0 Å². The molecular weight excluding hydrogens is 450 g/mol. The van der Waals surface area contributed by atoms with Crippen molar-refractivity contribution in [3.05, 3.63) is 98.9 Å². The van der Waals surface area contributed by atoms with Crippen LogP contribution in [0.2, 0.25) is 0 Å². The highest BCUT2D eigenvalue weighted by molar-refractivity contribution is 7.13.